The van der Waals surface area contributed by atoms with Crippen molar-refractivity contribution in [2.24, 2.45) is 0 Å². The van der Waals surface area contributed by atoms with Gasteiger partial charge in [-0.3, -0.25) is 9.59 Å². The molecule has 1 heterocycles. The lowest BCUT2D eigenvalue weighted by atomic mass is 10.0. The molecule has 0 atom stereocenters. The second kappa shape index (κ2) is 6.81. The van der Waals surface area contributed by atoms with Crippen LogP contribution < -0.4 is 5.32 Å². The van der Waals surface area contributed by atoms with Crippen LogP contribution in [0.15, 0.2) is 60.0 Å². The SMILES string of the molecule is Cc1ccc(C)c(NC(=O)c2ccccc2C(=O)c2cccs2)c1. The monoisotopic (exact) mass is 335 g/mol. The van der Waals surface area contributed by atoms with Gasteiger partial charge in [-0.2, -0.15) is 0 Å². The van der Waals surface area contributed by atoms with Gasteiger partial charge in [0.2, 0.25) is 5.78 Å². The van der Waals surface area contributed by atoms with Crippen molar-refractivity contribution in [2.75, 3.05) is 5.32 Å². The minimum absolute atomic E-state index is 0.128. The van der Waals surface area contributed by atoms with Crippen LogP contribution in [-0.2, 0) is 0 Å². The number of carbonyl (C=O) groups is 2. The molecular weight excluding hydrogens is 318 g/mol. The number of ketones is 1. The Bertz CT molecular complexity index is 898. The van der Waals surface area contributed by atoms with E-state index in [0.717, 1.165) is 16.8 Å². The average Bonchev–Trinajstić information content (AvgIpc) is 3.12. The Kier molecular flexibility index (Phi) is 4.58. The fourth-order valence-corrected chi connectivity index (χ4v) is 3.16. The minimum Gasteiger partial charge on any atom is -0.322 e. The number of hydrogen-bond donors (Lipinski definition) is 1. The van der Waals surface area contributed by atoms with E-state index in [9.17, 15) is 9.59 Å². The lowest BCUT2D eigenvalue weighted by Crippen LogP contribution is -2.17. The van der Waals surface area contributed by atoms with Gasteiger partial charge in [-0.05, 0) is 48.6 Å². The molecule has 3 aromatic rings. The number of anilines is 1. The van der Waals surface area contributed by atoms with Gasteiger partial charge < -0.3 is 5.32 Å². The van der Waals surface area contributed by atoms with Crippen LogP contribution in [0.3, 0.4) is 0 Å². The third-order valence-electron chi connectivity index (χ3n) is 3.80. The van der Waals surface area contributed by atoms with Gasteiger partial charge in [0.1, 0.15) is 0 Å². The van der Waals surface area contributed by atoms with Gasteiger partial charge in [-0.25, -0.2) is 0 Å². The molecule has 3 rings (SSSR count). The highest BCUT2D eigenvalue weighted by Crippen LogP contribution is 2.21. The molecule has 1 amide bonds. The van der Waals surface area contributed by atoms with E-state index < -0.39 is 0 Å². The fourth-order valence-electron chi connectivity index (χ4n) is 2.48. The summed E-state index contributed by atoms with van der Waals surface area (Å²) in [5.74, 6) is -0.402. The molecule has 2 aromatic carbocycles. The first-order valence-electron chi connectivity index (χ1n) is 7.62. The lowest BCUT2D eigenvalue weighted by Gasteiger charge is -2.11. The zero-order valence-corrected chi connectivity index (χ0v) is 14.3. The summed E-state index contributed by atoms with van der Waals surface area (Å²) in [6, 6.07) is 16.4. The number of amides is 1. The third kappa shape index (κ3) is 3.29. The Balaban J connectivity index is 1.93. The van der Waals surface area contributed by atoms with Gasteiger partial charge in [-0.1, -0.05) is 36.4 Å². The molecule has 0 fully saturated rings. The highest BCUT2D eigenvalue weighted by molar-refractivity contribution is 7.12. The summed E-state index contributed by atoms with van der Waals surface area (Å²) in [6.07, 6.45) is 0. The largest absolute Gasteiger partial charge is 0.322 e. The molecular formula is C20H17NO2S. The molecule has 0 radical (unpaired) electrons. The summed E-state index contributed by atoms with van der Waals surface area (Å²) in [6.45, 7) is 3.92. The van der Waals surface area contributed by atoms with E-state index in [1.165, 1.54) is 11.3 Å². The molecule has 0 unspecified atom stereocenters. The fraction of sp³-hybridized carbons (Fsp3) is 0.100. The van der Waals surface area contributed by atoms with Crippen molar-refractivity contribution in [3.8, 4) is 0 Å². The van der Waals surface area contributed by atoms with Crippen molar-refractivity contribution in [3.63, 3.8) is 0 Å². The first-order chi connectivity index (χ1) is 11.6. The normalized spacial score (nSPS) is 10.4. The van der Waals surface area contributed by atoms with Crippen LogP contribution in [0.25, 0.3) is 0 Å². The van der Waals surface area contributed by atoms with Crippen LogP contribution >= 0.6 is 11.3 Å². The van der Waals surface area contributed by atoms with Gasteiger partial charge >= 0.3 is 0 Å². The maximum Gasteiger partial charge on any atom is 0.256 e. The Labute approximate surface area is 145 Å². The number of aryl methyl sites for hydroxylation is 2. The van der Waals surface area contributed by atoms with Gasteiger partial charge in [0.15, 0.2) is 0 Å². The summed E-state index contributed by atoms with van der Waals surface area (Å²) >= 11 is 1.37. The summed E-state index contributed by atoms with van der Waals surface area (Å²) in [4.78, 5) is 26.0. The van der Waals surface area contributed by atoms with E-state index in [1.807, 2.05) is 43.5 Å². The number of rotatable bonds is 4. The van der Waals surface area contributed by atoms with E-state index in [2.05, 4.69) is 5.32 Å². The summed E-state index contributed by atoms with van der Waals surface area (Å²) in [7, 11) is 0. The summed E-state index contributed by atoms with van der Waals surface area (Å²) in [5, 5.41) is 4.77. The molecule has 0 aliphatic carbocycles. The van der Waals surface area contributed by atoms with Crippen LogP contribution in [0.4, 0.5) is 5.69 Å². The first-order valence-corrected chi connectivity index (χ1v) is 8.50. The minimum atomic E-state index is -0.274. The van der Waals surface area contributed by atoms with Crippen molar-refractivity contribution >= 4 is 28.7 Å². The Morgan fingerprint density at radius 3 is 2.38 bits per heavy atom. The van der Waals surface area contributed by atoms with Gasteiger partial charge in [0, 0.05) is 11.3 Å². The third-order valence-corrected chi connectivity index (χ3v) is 4.67. The molecule has 0 spiro atoms. The van der Waals surface area contributed by atoms with Crippen molar-refractivity contribution in [1.29, 1.82) is 0 Å². The van der Waals surface area contributed by atoms with Crippen LogP contribution in [0.5, 0.6) is 0 Å². The van der Waals surface area contributed by atoms with Crippen LogP contribution in [0.1, 0.15) is 36.7 Å². The van der Waals surface area contributed by atoms with Crippen LogP contribution in [0.2, 0.25) is 0 Å². The lowest BCUT2D eigenvalue weighted by molar-refractivity contribution is 0.0997. The van der Waals surface area contributed by atoms with E-state index in [-0.39, 0.29) is 11.7 Å². The Hall–Kier alpha value is -2.72. The second-order valence-electron chi connectivity index (χ2n) is 5.62. The molecule has 1 aromatic heterocycles. The van der Waals surface area contributed by atoms with Crippen molar-refractivity contribution in [3.05, 3.63) is 87.1 Å². The number of hydrogen-bond acceptors (Lipinski definition) is 3. The molecule has 120 valence electrons. The van der Waals surface area contributed by atoms with Crippen molar-refractivity contribution < 1.29 is 9.59 Å². The Morgan fingerprint density at radius 2 is 1.67 bits per heavy atom. The van der Waals surface area contributed by atoms with Gasteiger partial charge in [0.25, 0.3) is 5.91 Å². The number of benzene rings is 2. The van der Waals surface area contributed by atoms with E-state index in [4.69, 9.17) is 0 Å². The van der Waals surface area contributed by atoms with Gasteiger partial charge in [0.05, 0.1) is 10.4 Å². The quantitative estimate of drug-likeness (QED) is 0.693. The average molecular weight is 335 g/mol. The van der Waals surface area contributed by atoms with E-state index in [1.54, 1.807) is 30.3 Å². The number of thiophene rings is 1. The highest BCUT2D eigenvalue weighted by atomic mass is 32.1. The van der Waals surface area contributed by atoms with Crippen LogP contribution in [0, 0.1) is 13.8 Å². The molecule has 4 heteroatoms. The highest BCUT2D eigenvalue weighted by Gasteiger charge is 2.19. The van der Waals surface area contributed by atoms with E-state index >= 15 is 0 Å². The topological polar surface area (TPSA) is 46.2 Å². The summed E-state index contributed by atoms with van der Waals surface area (Å²) in [5.41, 5.74) is 3.62. The molecule has 0 aliphatic heterocycles. The molecule has 0 bridgehead atoms. The molecule has 24 heavy (non-hydrogen) atoms. The van der Waals surface area contributed by atoms with Crippen molar-refractivity contribution in [1.82, 2.24) is 0 Å². The number of carbonyl (C=O) groups excluding carboxylic acids is 2. The zero-order chi connectivity index (χ0) is 17.1. The summed E-state index contributed by atoms with van der Waals surface area (Å²) < 4.78 is 0. The maximum absolute atomic E-state index is 12.7. The number of nitrogens with one attached hydrogen (secondary N) is 1. The van der Waals surface area contributed by atoms with Crippen LogP contribution in [-0.4, -0.2) is 11.7 Å². The predicted molar refractivity (Wildman–Crippen MR) is 98.1 cm³/mol. The Morgan fingerprint density at radius 1 is 0.917 bits per heavy atom. The predicted octanol–water partition coefficient (Wildman–Crippen LogP) is 4.85. The maximum atomic E-state index is 12.7. The first kappa shape index (κ1) is 16.1. The second-order valence-corrected chi connectivity index (χ2v) is 6.57. The molecule has 1 N–H and O–H groups in total. The smallest absolute Gasteiger partial charge is 0.256 e. The standard InChI is InChI=1S/C20H17NO2S/c1-13-9-10-14(2)17(12-13)21-20(23)16-7-4-3-6-15(16)19(22)18-8-5-11-24-18/h3-12H,1-2H3,(H,21,23). The molecule has 0 aliphatic rings. The molecule has 0 saturated carbocycles. The zero-order valence-electron chi connectivity index (χ0n) is 13.5. The molecule has 0 saturated heterocycles. The van der Waals surface area contributed by atoms with Crippen molar-refractivity contribution in [2.45, 2.75) is 13.8 Å². The van der Waals surface area contributed by atoms with Gasteiger partial charge in [-0.15, -0.1) is 11.3 Å². The molecule has 3 nitrogen and oxygen atoms in total. The van der Waals surface area contributed by atoms with E-state index in [0.29, 0.717) is 16.0 Å².